The molecule has 0 unspecified atom stereocenters. The fourth-order valence-electron chi connectivity index (χ4n) is 3.16. The van der Waals surface area contributed by atoms with Gasteiger partial charge in [-0.25, -0.2) is 9.78 Å². The molecular formula is C24H22N6O3S. The van der Waals surface area contributed by atoms with Gasteiger partial charge < -0.3 is 15.8 Å². The molecule has 0 bridgehead atoms. The number of carbonyl (C=O) groups is 2. The monoisotopic (exact) mass is 474 g/mol. The third-order valence-electron chi connectivity index (χ3n) is 4.85. The molecule has 34 heavy (non-hydrogen) atoms. The van der Waals surface area contributed by atoms with Gasteiger partial charge in [0.25, 0.3) is 0 Å². The molecule has 0 radical (unpaired) electrons. The highest BCUT2D eigenvalue weighted by molar-refractivity contribution is 7.15. The first-order valence-electron chi connectivity index (χ1n) is 10.4. The van der Waals surface area contributed by atoms with E-state index in [9.17, 15) is 9.59 Å². The number of carbonyl (C=O) groups excluding carboxylic acids is 2. The molecule has 0 fully saturated rings. The number of nitrogens with zero attached hydrogens (tertiary/aromatic N) is 3. The van der Waals surface area contributed by atoms with Crippen LogP contribution in [-0.2, 0) is 22.6 Å². The number of nitrogens with two attached hydrogens (primary N) is 1. The average molecular weight is 475 g/mol. The van der Waals surface area contributed by atoms with E-state index in [1.807, 2.05) is 37.3 Å². The summed E-state index contributed by atoms with van der Waals surface area (Å²) in [6.07, 6.45) is 0.0350. The van der Waals surface area contributed by atoms with E-state index in [4.69, 9.17) is 10.5 Å². The smallest absolute Gasteiger partial charge is 0.324 e. The summed E-state index contributed by atoms with van der Waals surface area (Å²) in [6.45, 7) is 1.85. The minimum absolute atomic E-state index is 0.000465. The molecule has 2 aromatic carbocycles. The number of nitrogen functional groups attached to an aromatic ring is 1. The summed E-state index contributed by atoms with van der Waals surface area (Å²) in [6, 6.07) is 19.6. The third-order valence-corrected chi connectivity index (χ3v) is 5.69. The van der Waals surface area contributed by atoms with Crippen molar-refractivity contribution in [2.45, 2.75) is 20.0 Å². The van der Waals surface area contributed by atoms with Gasteiger partial charge in [0.15, 0.2) is 10.9 Å². The molecule has 0 spiro atoms. The van der Waals surface area contributed by atoms with Crippen molar-refractivity contribution >= 4 is 40.0 Å². The predicted octanol–water partition coefficient (Wildman–Crippen LogP) is 4.42. The van der Waals surface area contributed by atoms with Gasteiger partial charge in [-0.15, -0.1) is 21.5 Å². The van der Waals surface area contributed by atoms with E-state index < -0.39 is 12.0 Å². The maximum Gasteiger partial charge on any atom is 0.324 e. The van der Waals surface area contributed by atoms with Crippen molar-refractivity contribution in [1.82, 2.24) is 15.2 Å². The number of amides is 2. The largest absolute Gasteiger partial charge is 0.460 e. The normalized spacial score (nSPS) is 10.5. The van der Waals surface area contributed by atoms with Crippen LogP contribution in [-0.4, -0.2) is 27.2 Å². The lowest BCUT2D eigenvalue weighted by atomic mass is 10.1. The molecular weight excluding hydrogens is 452 g/mol. The zero-order valence-electron chi connectivity index (χ0n) is 18.3. The van der Waals surface area contributed by atoms with E-state index in [-0.39, 0.29) is 13.0 Å². The van der Waals surface area contributed by atoms with Crippen LogP contribution in [0.2, 0.25) is 0 Å². The molecule has 9 nitrogen and oxygen atoms in total. The number of thiazole rings is 1. The first-order chi connectivity index (χ1) is 16.5. The number of hydrogen-bond donors (Lipinski definition) is 3. The molecule has 0 saturated carbocycles. The van der Waals surface area contributed by atoms with Crippen LogP contribution >= 0.6 is 11.3 Å². The van der Waals surface area contributed by atoms with Crippen molar-refractivity contribution in [1.29, 1.82) is 0 Å². The number of nitrogens with one attached hydrogen (secondary N) is 2. The molecule has 2 amide bonds. The summed E-state index contributed by atoms with van der Waals surface area (Å²) in [7, 11) is 0. The molecule has 172 valence electrons. The van der Waals surface area contributed by atoms with Crippen LogP contribution in [0.1, 0.15) is 16.1 Å². The van der Waals surface area contributed by atoms with Crippen LogP contribution in [0.25, 0.3) is 11.3 Å². The minimum atomic E-state index is -0.492. The molecule has 0 atom stereocenters. The molecule has 4 rings (SSSR count). The highest BCUT2D eigenvalue weighted by atomic mass is 32.1. The zero-order valence-corrected chi connectivity index (χ0v) is 19.1. The molecule has 0 aliphatic heterocycles. The molecule has 10 heteroatoms. The molecule has 2 aromatic heterocycles. The van der Waals surface area contributed by atoms with Crippen LogP contribution in [0, 0.1) is 6.92 Å². The maximum atomic E-state index is 12.5. The number of rotatable bonds is 7. The van der Waals surface area contributed by atoms with Crippen LogP contribution in [0.15, 0.2) is 66.7 Å². The second kappa shape index (κ2) is 10.5. The number of hydrogen-bond acceptors (Lipinski definition) is 8. The van der Waals surface area contributed by atoms with Crippen LogP contribution in [0.5, 0.6) is 0 Å². The molecule has 0 aliphatic rings. The second-order valence-corrected chi connectivity index (χ2v) is 8.53. The Morgan fingerprint density at radius 3 is 2.44 bits per heavy atom. The number of anilines is 3. The van der Waals surface area contributed by atoms with E-state index >= 15 is 0 Å². The Morgan fingerprint density at radius 2 is 1.74 bits per heavy atom. The van der Waals surface area contributed by atoms with Gasteiger partial charge in [0.1, 0.15) is 6.61 Å². The quantitative estimate of drug-likeness (QED) is 0.338. The zero-order chi connectivity index (χ0) is 23.9. The predicted molar refractivity (Wildman–Crippen MR) is 131 cm³/mol. The maximum absolute atomic E-state index is 12.5. The number of aryl methyl sites for hydroxylation is 1. The van der Waals surface area contributed by atoms with Crippen molar-refractivity contribution in [2.75, 3.05) is 16.4 Å². The number of urea groups is 1. The minimum Gasteiger partial charge on any atom is -0.460 e. The summed E-state index contributed by atoms with van der Waals surface area (Å²) >= 11 is 1.33. The van der Waals surface area contributed by atoms with Crippen molar-refractivity contribution in [3.05, 3.63) is 82.9 Å². The van der Waals surface area contributed by atoms with Crippen molar-refractivity contribution in [2.24, 2.45) is 0 Å². The Kier molecular flexibility index (Phi) is 7.09. The average Bonchev–Trinajstić information content (AvgIpc) is 3.15. The molecule has 0 aliphatic carbocycles. The van der Waals surface area contributed by atoms with Crippen LogP contribution in [0.4, 0.5) is 21.4 Å². The highest BCUT2D eigenvalue weighted by Gasteiger charge is 2.14. The van der Waals surface area contributed by atoms with E-state index in [0.717, 1.165) is 10.4 Å². The summed E-state index contributed by atoms with van der Waals surface area (Å²) in [5.74, 6) is -0.125. The van der Waals surface area contributed by atoms with E-state index in [1.54, 1.807) is 36.4 Å². The summed E-state index contributed by atoms with van der Waals surface area (Å²) in [5, 5.41) is 14.0. The Labute approximate surface area is 200 Å². The number of ether oxygens (including phenoxy) is 1. The molecule has 4 N–H and O–H groups in total. The number of esters is 1. The molecule has 4 aromatic rings. The Hall–Kier alpha value is -4.31. The first-order valence-corrected chi connectivity index (χ1v) is 11.2. The molecule has 0 saturated heterocycles. The van der Waals surface area contributed by atoms with Crippen molar-refractivity contribution in [3.8, 4) is 11.3 Å². The van der Waals surface area contributed by atoms with Crippen LogP contribution < -0.4 is 16.4 Å². The highest BCUT2D eigenvalue weighted by Crippen LogP contribution is 2.21. The lowest BCUT2D eigenvalue weighted by Gasteiger charge is -2.12. The van der Waals surface area contributed by atoms with Gasteiger partial charge in [-0.05, 0) is 25.1 Å². The lowest BCUT2D eigenvalue weighted by molar-refractivity contribution is -0.144. The van der Waals surface area contributed by atoms with Crippen molar-refractivity contribution < 1.29 is 14.3 Å². The van der Waals surface area contributed by atoms with E-state index in [2.05, 4.69) is 25.8 Å². The van der Waals surface area contributed by atoms with E-state index in [1.165, 1.54) is 11.3 Å². The van der Waals surface area contributed by atoms with Gasteiger partial charge in [0.2, 0.25) is 0 Å². The van der Waals surface area contributed by atoms with Gasteiger partial charge >= 0.3 is 12.0 Å². The molecule has 2 heterocycles. The topological polar surface area (TPSA) is 132 Å². The lowest BCUT2D eigenvalue weighted by Crippen LogP contribution is -2.21. The Balaban J connectivity index is 1.33. The van der Waals surface area contributed by atoms with Crippen LogP contribution in [0.3, 0.4) is 0 Å². The summed E-state index contributed by atoms with van der Waals surface area (Å²) in [4.78, 5) is 29.8. The second-order valence-electron chi connectivity index (χ2n) is 7.30. The van der Waals surface area contributed by atoms with E-state index in [0.29, 0.717) is 33.6 Å². The first kappa shape index (κ1) is 22.9. The van der Waals surface area contributed by atoms with Gasteiger partial charge in [-0.1, -0.05) is 48.5 Å². The fraction of sp³-hybridized carbons (Fsp3) is 0.125. The number of aromatic nitrogens is 3. The van der Waals surface area contributed by atoms with Gasteiger partial charge in [-0.2, -0.15) is 0 Å². The van der Waals surface area contributed by atoms with Gasteiger partial charge in [0.05, 0.1) is 17.8 Å². The Bertz CT molecular complexity index is 1290. The number of benzene rings is 2. The van der Waals surface area contributed by atoms with Crippen molar-refractivity contribution in [3.63, 3.8) is 0 Å². The third kappa shape index (κ3) is 5.93. The fourth-order valence-corrected chi connectivity index (χ4v) is 3.87. The SMILES string of the molecule is Cc1sc(N)nc1CC(=O)OCc1ccccc1NC(=O)Nc1ccc(-c2ccccc2)nn1. The number of para-hydroxylation sites is 1. The van der Waals surface area contributed by atoms with Gasteiger partial charge in [0, 0.05) is 21.7 Å². The van der Waals surface area contributed by atoms with Gasteiger partial charge in [-0.3, -0.25) is 10.1 Å². The summed E-state index contributed by atoms with van der Waals surface area (Å²) in [5.41, 5.74) is 9.08. The standard InChI is InChI=1S/C24H22N6O3S/c1-15-20(26-23(25)34-15)13-22(31)33-14-17-9-5-6-10-18(17)27-24(32)28-21-12-11-19(29-30-21)16-7-3-2-4-8-16/h2-12H,13-14H2,1H3,(H2,25,26)(H2,27,28,30,32). The Morgan fingerprint density at radius 1 is 0.971 bits per heavy atom. The summed E-state index contributed by atoms with van der Waals surface area (Å²) < 4.78 is 5.38.